The predicted molar refractivity (Wildman–Crippen MR) is 106 cm³/mol. The minimum atomic E-state index is -0.0163. The largest absolute Gasteiger partial charge is 0.491 e. The van der Waals surface area contributed by atoms with Crippen molar-refractivity contribution in [3.05, 3.63) is 47.3 Å². The Hall–Kier alpha value is -2.34. The Bertz CT molecular complexity index is 826. The molecule has 6 nitrogen and oxygen atoms in total. The minimum absolute atomic E-state index is 0.0163. The van der Waals surface area contributed by atoms with Gasteiger partial charge in [0.1, 0.15) is 18.1 Å². The molecule has 0 radical (unpaired) electrons. The number of aryl methyl sites for hydroxylation is 1. The first-order valence-corrected chi connectivity index (χ1v) is 10.2. The molecule has 2 aliphatic rings. The molecule has 28 heavy (non-hydrogen) atoms. The number of amides is 1. The van der Waals surface area contributed by atoms with Crippen LogP contribution >= 0.6 is 0 Å². The second-order valence-corrected chi connectivity index (χ2v) is 7.84. The maximum atomic E-state index is 13.0. The molecule has 0 N–H and O–H groups in total. The van der Waals surface area contributed by atoms with Gasteiger partial charge in [0.15, 0.2) is 0 Å². The van der Waals surface area contributed by atoms with Gasteiger partial charge < -0.3 is 14.4 Å². The molecule has 1 aromatic heterocycles. The molecule has 1 aliphatic carbocycles. The zero-order valence-electron chi connectivity index (χ0n) is 16.8. The third-order valence-electron chi connectivity index (χ3n) is 6.05. The molecule has 1 fully saturated rings. The van der Waals surface area contributed by atoms with Crippen LogP contribution in [0.2, 0.25) is 0 Å². The number of hydrogen-bond acceptors (Lipinski definition) is 4. The Labute approximate surface area is 166 Å². The van der Waals surface area contributed by atoms with E-state index >= 15 is 0 Å². The second kappa shape index (κ2) is 8.35. The van der Waals surface area contributed by atoms with Crippen LogP contribution in [0.25, 0.3) is 0 Å². The maximum Gasteiger partial charge on any atom is 0.272 e. The summed E-state index contributed by atoms with van der Waals surface area (Å²) in [6.45, 7) is 1.59. The number of nitrogens with zero attached hydrogens (tertiary/aromatic N) is 3. The molecular weight excluding hydrogens is 354 g/mol. The fraction of sp³-hybridized carbons (Fsp3) is 0.545. The first kappa shape index (κ1) is 19.0. The van der Waals surface area contributed by atoms with E-state index in [0.717, 1.165) is 11.3 Å². The molecule has 0 spiro atoms. The molecule has 1 unspecified atom stereocenters. The number of carbonyl (C=O) groups is 1. The third-order valence-corrected chi connectivity index (χ3v) is 6.05. The average Bonchev–Trinajstić information content (AvgIpc) is 3.03. The number of benzene rings is 1. The predicted octanol–water partition coefficient (Wildman–Crippen LogP) is 3.72. The first-order valence-electron chi connectivity index (χ1n) is 10.2. The van der Waals surface area contributed by atoms with Crippen molar-refractivity contribution in [2.75, 3.05) is 20.3 Å². The van der Waals surface area contributed by atoms with E-state index in [2.05, 4.69) is 17.2 Å². The minimum Gasteiger partial charge on any atom is -0.491 e. The van der Waals surface area contributed by atoms with Crippen molar-refractivity contribution in [1.82, 2.24) is 14.7 Å². The lowest BCUT2D eigenvalue weighted by Gasteiger charge is -2.30. The molecule has 1 saturated carbocycles. The molecule has 0 saturated heterocycles. The Morgan fingerprint density at radius 3 is 2.79 bits per heavy atom. The lowest BCUT2D eigenvalue weighted by Crippen LogP contribution is -2.33. The summed E-state index contributed by atoms with van der Waals surface area (Å²) in [4.78, 5) is 14.8. The van der Waals surface area contributed by atoms with E-state index in [9.17, 15) is 4.79 Å². The van der Waals surface area contributed by atoms with Crippen molar-refractivity contribution in [3.63, 3.8) is 0 Å². The van der Waals surface area contributed by atoms with Gasteiger partial charge in [0, 0.05) is 32.5 Å². The Balaban J connectivity index is 1.58. The third kappa shape index (κ3) is 3.78. The van der Waals surface area contributed by atoms with Crippen LogP contribution in [0.5, 0.6) is 5.75 Å². The zero-order chi connectivity index (χ0) is 19.5. The van der Waals surface area contributed by atoms with Gasteiger partial charge in [-0.15, -0.1) is 0 Å². The van der Waals surface area contributed by atoms with E-state index in [-0.39, 0.29) is 12.0 Å². The lowest BCUT2D eigenvalue weighted by molar-refractivity contribution is 0.0353. The van der Waals surface area contributed by atoms with E-state index in [0.29, 0.717) is 31.3 Å². The number of fused-ring (bicyclic) bond motifs is 1. The number of rotatable bonds is 4. The summed E-state index contributed by atoms with van der Waals surface area (Å²) >= 11 is 0. The van der Waals surface area contributed by atoms with Crippen LogP contribution in [0, 0.1) is 5.92 Å². The Kier molecular flexibility index (Phi) is 5.67. The first-order chi connectivity index (χ1) is 13.7. The summed E-state index contributed by atoms with van der Waals surface area (Å²) < 4.78 is 13.5. The highest BCUT2D eigenvalue weighted by atomic mass is 16.5. The number of carbonyl (C=O) groups excluding carboxylic acids is 1. The maximum absolute atomic E-state index is 13.0. The smallest absolute Gasteiger partial charge is 0.272 e. The molecule has 2 aromatic rings. The molecule has 1 aromatic carbocycles. The van der Waals surface area contributed by atoms with Gasteiger partial charge in [-0.2, -0.15) is 5.10 Å². The molecule has 0 bridgehead atoms. The fourth-order valence-corrected chi connectivity index (χ4v) is 4.55. The number of methoxy groups -OCH3 is 1. The van der Waals surface area contributed by atoms with E-state index in [1.165, 1.54) is 37.7 Å². The molecule has 1 aliphatic heterocycles. The van der Waals surface area contributed by atoms with Crippen molar-refractivity contribution in [3.8, 4) is 5.75 Å². The van der Waals surface area contributed by atoms with Crippen LogP contribution < -0.4 is 4.74 Å². The van der Waals surface area contributed by atoms with Crippen LogP contribution in [-0.4, -0.2) is 40.8 Å². The normalized spacial score (nSPS) is 18.9. The van der Waals surface area contributed by atoms with E-state index in [1.54, 1.807) is 31.1 Å². The van der Waals surface area contributed by atoms with Gasteiger partial charge in [-0.25, -0.2) is 0 Å². The Morgan fingerprint density at radius 1 is 1.25 bits per heavy atom. The highest BCUT2D eigenvalue weighted by Gasteiger charge is 2.27. The molecule has 1 amide bonds. The monoisotopic (exact) mass is 383 g/mol. The van der Waals surface area contributed by atoms with E-state index < -0.39 is 0 Å². The number of aromatic nitrogens is 2. The molecule has 6 heteroatoms. The van der Waals surface area contributed by atoms with Crippen LogP contribution in [0.4, 0.5) is 0 Å². The van der Waals surface area contributed by atoms with E-state index in [4.69, 9.17) is 9.47 Å². The van der Waals surface area contributed by atoms with Gasteiger partial charge in [-0.3, -0.25) is 9.48 Å². The van der Waals surface area contributed by atoms with Gasteiger partial charge in [0.25, 0.3) is 5.91 Å². The van der Waals surface area contributed by atoms with Crippen LogP contribution in [-0.2, 0) is 18.3 Å². The highest BCUT2D eigenvalue weighted by molar-refractivity contribution is 5.92. The van der Waals surface area contributed by atoms with Crippen molar-refractivity contribution in [2.45, 2.75) is 44.8 Å². The number of hydrogen-bond donors (Lipinski definition) is 0. The van der Waals surface area contributed by atoms with Gasteiger partial charge >= 0.3 is 0 Å². The SMILES string of the molecule is COC(c1ccc2c(c1)CN(C(=O)c1ccnn1C)CCO2)C1CCCCC1. The standard InChI is InChI=1S/C22H29N3O3/c1-24-19(10-11-23-24)22(26)25-12-13-28-20-9-8-17(14-18(20)15-25)21(27-2)16-6-4-3-5-7-16/h8-11,14,16,21H,3-7,12-13,15H2,1-2H3. The summed E-state index contributed by atoms with van der Waals surface area (Å²) in [6, 6.07) is 8.10. The van der Waals surface area contributed by atoms with Gasteiger partial charge in [0.05, 0.1) is 12.6 Å². The van der Waals surface area contributed by atoms with Crippen molar-refractivity contribution in [2.24, 2.45) is 13.0 Å². The molecule has 150 valence electrons. The second-order valence-electron chi connectivity index (χ2n) is 7.84. The fourth-order valence-electron chi connectivity index (χ4n) is 4.55. The lowest BCUT2D eigenvalue weighted by atomic mass is 9.82. The van der Waals surface area contributed by atoms with Crippen molar-refractivity contribution >= 4 is 5.91 Å². The molecular formula is C22H29N3O3. The number of ether oxygens (including phenoxy) is 2. The summed E-state index contributed by atoms with van der Waals surface area (Å²) in [5, 5.41) is 4.12. The van der Waals surface area contributed by atoms with Crippen molar-refractivity contribution < 1.29 is 14.3 Å². The van der Waals surface area contributed by atoms with Gasteiger partial charge in [-0.05, 0) is 42.5 Å². The van der Waals surface area contributed by atoms with E-state index in [1.807, 2.05) is 11.0 Å². The van der Waals surface area contributed by atoms with Crippen LogP contribution in [0.15, 0.2) is 30.5 Å². The van der Waals surface area contributed by atoms with Crippen LogP contribution in [0.1, 0.15) is 59.8 Å². The van der Waals surface area contributed by atoms with Crippen molar-refractivity contribution in [1.29, 1.82) is 0 Å². The van der Waals surface area contributed by atoms with Crippen LogP contribution in [0.3, 0.4) is 0 Å². The summed E-state index contributed by atoms with van der Waals surface area (Å²) in [5.74, 6) is 1.41. The molecule has 4 rings (SSSR count). The summed E-state index contributed by atoms with van der Waals surface area (Å²) in [5.41, 5.74) is 2.83. The molecule has 1 atom stereocenters. The topological polar surface area (TPSA) is 56.6 Å². The Morgan fingerprint density at radius 2 is 2.07 bits per heavy atom. The van der Waals surface area contributed by atoms with Gasteiger partial charge in [0.2, 0.25) is 0 Å². The highest BCUT2D eigenvalue weighted by Crippen LogP contribution is 2.38. The quantitative estimate of drug-likeness (QED) is 0.807. The summed E-state index contributed by atoms with van der Waals surface area (Å²) in [6.07, 6.45) is 8.10. The summed E-state index contributed by atoms with van der Waals surface area (Å²) in [7, 11) is 3.60. The molecule has 2 heterocycles. The average molecular weight is 383 g/mol. The van der Waals surface area contributed by atoms with Gasteiger partial charge in [-0.1, -0.05) is 25.3 Å². The zero-order valence-corrected chi connectivity index (χ0v) is 16.8.